The highest BCUT2D eigenvalue weighted by molar-refractivity contribution is 7.10. The van der Waals surface area contributed by atoms with Crippen molar-refractivity contribution in [2.24, 2.45) is 11.8 Å². The predicted octanol–water partition coefficient (Wildman–Crippen LogP) is 2.47. The quantitative estimate of drug-likeness (QED) is 0.896. The van der Waals surface area contributed by atoms with Gasteiger partial charge >= 0.3 is 5.97 Å². The molecular formula is C15H19NO3S. The minimum atomic E-state index is -0.918. The molecule has 2 aliphatic rings. The van der Waals surface area contributed by atoms with Crippen LogP contribution in [0.4, 0.5) is 0 Å². The number of fused-ring (bicyclic) bond motifs is 1. The highest BCUT2D eigenvalue weighted by Crippen LogP contribution is 2.35. The summed E-state index contributed by atoms with van der Waals surface area (Å²) in [7, 11) is 0. The smallest absolute Gasteiger partial charge is 0.326 e. The normalized spacial score (nSPS) is 22.9. The number of hydrogen-bond donors (Lipinski definition) is 2. The van der Waals surface area contributed by atoms with Gasteiger partial charge in [-0.05, 0) is 49.5 Å². The minimum absolute atomic E-state index is 0.117. The van der Waals surface area contributed by atoms with Crippen LogP contribution in [-0.4, -0.2) is 23.0 Å². The molecule has 1 heterocycles. The van der Waals surface area contributed by atoms with Crippen molar-refractivity contribution < 1.29 is 14.7 Å². The van der Waals surface area contributed by atoms with Crippen molar-refractivity contribution in [2.45, 2.75) is 45.1 Å². The average Bonchev–Trinajstić information content (AvgIpc) is 3.14. The van der Waals surface area contributed by atoms with E-state index in [2.05, 4.69) is 12.2 Å². The fourth-order valence-electron chi connectivity index (χ4n) is 2.90. The maximum absolute atomic E-state index is 12.3. The van der Waals surface area contributed by atoms with Crippen molar-refractivity contribution in [3.8, 4) is 0 Å². The summed E-state index contributed by atoms with van der Waals surface area (Å²) in [5.74, 6) is -0.337. The number of aliphatic carboxylic acids is 1. The Hall–Kier alpha value is -1.36. The Morgan fingerprint density at radius 3 is 2.80 bits per heavy atom. The Bertz CT molecular complexity index is 547. The number of carboxylic acid groups (broad SMARTS) is 1. The van der Waals surface area contributed by atoms with Crippen LogP contribution in [0.2, 0.25) is 0 Å². The van der Waals surface area contributed by atoms with Gasteiger partial charge in [0.15, 0.2) is 0 Å². The number of carbonyl (C=O) groups is 2. The van der Waals surface area contributed by atoms with Crippen LogP contribution in [0.25, 0.3) is 0 Å². The van der Waals surface area contributed by atoms with Crippen molar-refractivity contribution in [3.63, 3.8) is 0 Å². The van der Waals surface area contributed by atoms with Gasteiger partial charge in [0.1, 0.15) is 6.04 Å². The number of carboxylic acids is 1. The molecule has 20 heavy (non-hydrogen) atoms. The third-order valence-corrected chi connectivity index (χ3v) is 5.34. The number of rotatable bonds is 4. The maximum Gasteiger partial charge on any atom is 0.326 e. The lowest BCUT2D eigenvalue weighted by Gasteiger charge is -2.19. The van der Waals surface area contributed by atoms with Crippen LogP contribution in [-0.2, 0) is 17.6 Å². The summed E-state index contributed by atoms with van der Waals surface area (Å²) in [5, 5.41) is 13.8. The van der Waals surface area contributed by atoms with Gasteiger partial charge < -0.3 is 10.4 Å². The first kappa shape index (κ1) is 13.6. The Morgan fingerprint density at radius 2 is 2.15 bits per heavy atom. The summed E-state index contributed by atoms with van der Waals surface area (Å²) < 4.78 is 0. The van der Waals surface area contributed by atoms with Crippen LogP contribution in [0.1, 0.15) is 47.0 Å². The lowest BCUT2D eigenvalue weighted by Crippen LogP contribution is -2.42. The summed E-state index contributed by atoms with van der Waals surface area (Å²) in [5.41, 5.74) is 1.84. The standard InChI is InChI=1S/C15H19NO3S/c1-8-2-5-10-11(7-20-12(10)6-8)14(17)16-13(15(18)19)9-3-4-9/h7-9,13H,2-6H2,1H3,(H,16,17)(H,18,19). The van der Waals surface area contributed by atoms with Gasteiger partial charge in [-0.25, -0.2) is 4.79 Å². The molecule has 1 aromatic rings. The molecule has 1 aromatic heterocycles. The van der Waals surface area contributed by atoms with Crippen molar-refractivity contribution in [1.82, 2.24) is 5.32 Å². The predicted molar refractivity (Wildman–Crippen MR) is 77.1 cm³/mol. The molecule has 0 spiro atoms. The van der Waals surface area contributed by atoms with E-state index < -0.39 is 12.0 Å². The summed E-state index contributed by atoms with van der Waals surface area (Å²) in [6, 6.07) is -0.722. The lowest BCUT2D eigenvalue weighted by molar-refractivity contribution is -0.139. The highest BCUT2D eigenvalue weighted by atomic mass is 32.1. The van der Waals surface area contributed by atoms with Crippen molar-refractivity contribution in [1.29, 1.82) is 0 Å². The van der Waals surface area contributed by atoms with Gasteiger partial charge in [-0.15, -0.1) is 11.3 Å². The summed E-state index contributed by atoms with van der Waals surface area (Å²) in [6.45, 7) is 2.23. The summed E-state index contributed by atoms with van der Waals surface area (Å²) in [4.78, 5) is 24.8. The molecule has 0 radical (unpaired) electrons. The molecule has 2 atom stereocenters. The van der Waals surface area contributed by atoms with E-state index in [1.165, 1.54) is 4.88 Å². The molecule has 2 unspecified atom stereocenters. The molecule has 0 aliphatic heterocycles. The average molecular weight is 293 g/mol. The number of hydrogen-bond acceptors (Lipinski definition) is 3. The molecule has 2 aliphatic carbocycles. The van der Waals surface area contributed by atoms with Gasteiger partial charge in [0.2, 0.25) is 0 Å². The van der Waals surface area contributed by atoms with Crippen LogP contribution >= 0.6 is 11.3 Å². The first-order valence-electron chi connectivity index (χ1n) is 7.19. The van der Waals surface area contributed by atoms with Crippen LogP contribution < -0.4 is 5.32 Å². The summed E-state index contributed by atoms with van der Waals surface area (Å²) >= 11 is 1.64. The molecule has 1 fully saturated rings. The molecule has 1 amide bonds. The first-order chi connectivity index (χ1) is 9.56. The summed E-state index contributed by atoms with van der Waals surface area (Å²) in [6.07, 6.45) is 4.88. The third kappa shape index (κ3) is 2.59. The Labute approximate surface area is 122 Å². The molecule has 1 saturated carbocycles. The highest BCUT2D eigenvalue weighted by Gasteiger charge is 2.38. The van der Waals surface area contributed by atoms with E-state index in [1.54, 1.807) is 11.3 Å². The number of carbonyl (C=O) groups excluding carboxylic acids is 1. The van der Waals surface area contributed by atoms with E-state index in [-0.39, 0.29) is 11.8 Å². The second kappa shape index (κ2) is 5.20. The first-order valence-corrected chi connectivity index (χ1v) is 8.07. The van der Waals surface area contributed by atoms with Gasteiger partial charge in [-0.1, -0.05) is 6.92 Å². The maximum atomic E-state index is 12.3. The van der Waals surface area contributed by atoms with E-state index in [9.17, 15) is 14.7 Å². The fourth-order valence-corrected chi connectivity index (χ4v) is 4.14. The van der Waals surface area contributed by atoms with Gasteiger partial charge in [0.05, 0.1) is 5.56 Å². The zero-order chi connectivity index (χ0) is 14.3. The third-order valence-electron chi connectivity index (χ3n) is 4.29. The van der Waals surface area contributed by atoms with Gasteiger partial charge in [0.25, 0.3) is 5.91 Å². The molecule has 5 heteroatoms. The van der Waals surface area contributed by atoms with E-state index in [1.807, 2.05) is 5.38 Å². The van der Waals surface area contributed by atoms with E-state index >= 15 is 0 Å². The van der Waals surface area contributed by atoms with Crippen molar-refractivity contribution in [2.75, 3.05) is 0 Å². The van der Waals surface area contributed by atoms with Crippen molar-refractivity contribution in [3.05, 3.63) is 21.4 Å². The molecule has 3 rings (SSSR count). The molecule has 0 aromatic carbocycles. The Balaban J connectivity index is 1.76. The fraction of sp³-hybridized carbons (Fsp3) is 0.600. The molecular weight excluding hydrogens is 274 g/mol. The molecule has 108 valence electrons. The molecule has 4 nitrogen and oxygen atoms in total. The molecule has 0 saturated heterocycles. The Kier molecular flexibility index (Phi) is 3.54. The van der Waals surface area contributed by atoms with Crippen LogP contribution in [0, 0.1) is 11.8 Å². The zero-order valence-corrected chi connectivity index (χ0v) is 12.3. The topological polar surface area (TPSA) is 66.4 Å². The van der Waals surface area contributed by atoms with Gasteiger partial charge in [-0.3, -0.25) is 4.79 Å². The number of amides is 1. The van der Waals surface area contributed by atoms with Gasteiger partial charge in [0, 0.05) is 10.3 Å². The molecule has 0 bridgehead atoms. The molecule has 2 N–H and O–H groups in total. The van der Waals surface area contributed by atoms with Crippen molar-refractivity contribution >= 4 is 23.2 Å². The largest absolute Gasteiger partial charge is 0.480 e. The minimum Gasteiger partial charge on any atom is -0.480 e. The Morgan fingerprint density at radius 1 is 1.40 bits per heavy atom. The number of thiophene rings is 1. The number of nitrogens with one attached hydrogen (secondary N) is 1. The van der Waals surface area contributed by atoms with Crippen LogP contribution in [0.15, 0.2) is 5.38 Å². The van der Waals surface area contributed by atoms with Crippen LogP contribution in [0.3, 0.4) is 0 Å². The van der Waals surface area contributed by atoms with E-state index in [0.29, 0.717) is 11.5 Å². The second-order valence-corrected chi connectivity index (χ2v) is 6.99. The SMILES string of the molecule is CC1CCc2c(C(=O)NC(C(=O)O)C3CC3)csc2C1. The zero-order valence-electron chi connectivity index (χ0n) is 11.5. The monoisotopic (exact) mass is 293 g/mol. The second-order valence-electron chi connectivity index (χ2n) is 6.03. The lowest BCUT2D eigenvalue weighted by atomic mass is 9.88. The van der Waals surface area contributed by atoms with E-state index in [0.717, 1.165) is 37.7 Å². The van der Waals surface area contributed by atoms with Gasteiger partial charge in [-0.2, -0.15) is 0 Å². The van der Waals surface area contributed by atoms with Crippen LogP contribution in [0.5, 0.6) is 0 Å². The van der Waals surface area contributed by atoms with E-state index in [4.69, 9.17) is 0 Å².